The Balaban J connectivity index is 1.81. The van der Waals surface area contributed by atoms with Crippen molar-refractivity contribution in [1.29, 1.82) is 0 Å². The number of nitrogens with zero attached hydrogens (tertiary/aromatic N) is 1. The lowest BCUT2D eigenvalue weighted by Gasteiger charge is -2.31. The second kappa shape index (κ2) is 5.61. The van der Waals surface area contributed by atoms with Crippen molar-refractivity contribution in [2.45, 2.75) is 12.6 Å². The van der Waals surface area contributed by atoms with Gasteiger partial charge in [-0.15, -0.1) is 0 Å². The van der Waals surface area contributed by atoms with Gasteiger partial charge < -0.3 is 9.84 Å². The van der Waals surface area contributed by atoms with Crippen LogP contribution in [0.4, 0.5) is 0 Å². The lowest BCUT2D eigenvalue weighted by molar-refractivity contribution is -0.156. The molecule has 2 aromatic carbocycles. The van der Waals surface area contributed by atoms with Crippen LogP contribution in [0, 0.1) is 0 Å². The molecule has 0 aromatic heterocycles. The lowest BCUT2D eigenvalue weighted by Crippen LogP contribution is -2.45. The number of carboxylic acid groups (broad SMARTS) is 1. The van der Waals surface area contributed by atoms with Crippen molar-refractivity contribution in [1.82, 2.24) is 4.90 Å². The minimum Gasteiger partial charge on any atom is -0.479 e. The molecule has 0 saturated carbocycles. The molecule has 1 aliphatic heterocycles. The summed E-state index contributed by atoms with van der Waals surface area (Å²) in [7, 11) is 0. The summed E-state index contributed by atoms with van der Waals surface area (Å²) in [6.45, 7) is 2.45. The monoisotopic (exact) mass is 271 g/mol. The first-order valence-electron chi connectivity index (χ1n) is 6.77. The molecule has 1 aliphatic rings. The summed E-state index contributed by atoms with van der Waals surface area (Å²) in [5, 5.41) is 11.5. The average molecular weight is 271 g/mol. The van der Waals surface area contributed by atoms with Gasteiger partial charge in [-0.1, -0.05) is 42.5 Å². The first kappa shape index (κ1) is 13.1. The smallest absolute Gasteiger partial charge is 0.334 e. The van der Waals surface area contributed by atoms with Crippen molar-refractivity contribution >= 4 is 16.7 Å². The van der Waals surface area contributed by atoms with Crippen molar-refractivity contribution < 1.29 is 14.6 Å². The number of ether oxygens (including phenoxy) is 1. The SMILES string of the molecule is O=C(O)C1CN(Cc2cccc3ccccc23)CCO1. The maximum absolute atomic E-state index is 11.0. The molecule has 1 saturated heterocycles. The maximum atomic E-state index is 11.0. The highest BCUT2D eigenvalue weighted by Crippen LogP contribution is 2.20. The van der Waals surface area contributed by atoms with Crippen molar-refractivity contribution in [2.75, 3.05) is 19.7 Å². The molecular formula is C16H17NO3. The van der Waals surface area contributed by atoms with Crippen molar-refractivity contribution in [3.05, 3.63) is 48.0 Å². The number of fused-ring (bicyclic) bond motifs is 1. The number of rotatable bonds is 3. The first-order chi connectivity index (χ1) is 9.74. The zero-order valence-electron chi connectivity index (χ0n) is 11.2. The van der Waals surface area contributed by atoms with Crippen LogP contribution < -0.4 is 0 Å². The first-order valence-corrected chi connectivity index (χ1v) is 6.77. The molecular weight excluding hydrogens is 254 g/mol. The second-order valence-corrected chi connectivity index (χ2v) is 5.07. The van der Waals surface area contributed by atoms with Crippen LogP contribution in [0.5, 0.6) is 0 Å². The largest absolute Gasteiger partial charge is 0.479 e. The third-order valence-corrected chi connectivity index (χ3v) is 3.70. The molecule has 104 valence electrons. The van der Waals surface area contributed by atoms with E-state index in [4.69, 9.17) is 9.84 Å². The molecule has 2 aromatic rings. The molecule has 4 nitrogen and oxygen atoms in total. The number of hydrogen-bond donors (Lipinski definition) is 1. The summed E-state index contributed by atoms with van der Waals surface area (Å²) in [5.41, 5.74) is 1.23. The van der Waals surface area contributed by atoms with Gasteiger partial charge in [0.15, 0.2) is 6.10 Å². The average Bonchev–Trinajstić information content (AvgIpc) is 2.48. The molecule has 20 heavy (non-hydrogen) atoms. The van der Waals surface area contributed by atoms with Gasteiger partial charge in [0.05, 0.1) is 6.61 Å². The summed E-state index contributed by atoms with van der Waals surface area (Å²) in [6.07, 6.45) is -0.710. The number of hydrogen-bond acceptors (Lipinski definition) is 3. The van der Waals surface area contributed by atoms with E-state index in [1.54, 1.807) is 0 Å². The van der Waals surface area contributed by atoms with Crippen LogP contribution in [0.2, 0.25) is 0 Å². The second-order valence-electron chi connectivity index (χ2n) is 5.07. The quantitative estimate of drug-likeness (QED) is 0.929. The Morgan fingerprint density at radius 3 is 2.90 bits per heavy atom. The van der Waals surface area contributed by atoms with Gasteiger partial charge in [-0.25, -0.2) is 4.79 Å². The third-order valence-electron chi connectivity index (χ3n) is 3.70. The molecule has 4 heteroatoms. The summed E-state index contributed by atoms with van der Waals surface area (Å²) in [6, 6.07) is 14.5. The molecule has 0 bridgehead atoms. The normalized spacial score (nSPS) is 20.1. The number of morpholine rings is 1. The van der Waals surface area contributed by atoms with Crippen molar-refractivity contribution in [2.24, 2.45) is 0 Å². The maximum Gasteiger partial charge on any atom is 0.334 e. The zero-order valence-corrected chi connectivity index (χ0v) is 11.2. The highest BCUT2D eigenvalue weighted by atomic mass is 16.5. The van der Waals surface area contributed by atoms with Gasteiger partial charge in [0.25, 0.3) is 0 Å². The topological polar surface area (TPSA) is 49.8 Å². The van der Waals surface area contributed by atoms with E-state index in [-0.39, 0.29) is 0 Å². The van der Waals surface area contributed by atoms with Gasteiger partial charge in [-0.05, 0) is 16.3 Å². The Morgan fingerprint density at radius 2 is 2.05 bits per heavy atom. The van der Waals surface area contributed by atoms with Gasteiger partial charge in [0.2, 0.25) is 0 Å². The fourth-order valence-corrected chi connectivity index (χ4v) is 2.67. The summed E-state index contributed by atoms with van der Waals surface area (Å²) < 4.78 is 5.25. The highest BCUT2D eigenvalue weighted by molar-refractivity contribution is 5.85. The minimum atomic E-state index is -0.882. The van der Waals surface area contributed by atoms with E-state index in [0.717, 1.165) is 13.1 Å². The summed E-state index contributed by atoms with van der Waals surface area (Å²) in [5.74, 6) is -0.882. The van der Waals surface area contributed by atoms with Crippen molar-refractivity contribution in [3.63, 3.8) is 0 Å². The number of carboxylic acids is 1. The van der Waals surface area contributed by atoms with E-state index < -0.39 is 12.1 Å². The standard InChI is InChI=1S/C16H17NO3/c18-16(19)15-11-17(8-9-20-15)10-13-6-3-5-12-4-1-2-7-14(12)13/h1-7,15H,8-11H2,(H,18,19). The van der Waals surface area contributed by atoms with Crippen LogP contribution in [0.25, 0.3) is 10.8 Å². The molecule has 0 amide bonds. The molecule has 1 unspecified atom stereocenters. The van der Waals surface area contributed by atoms with Gasteiger partial charge >= 0.3 is 5.97 Å². The predicted octanol–water partition coefficient (Wildman–Crippen LogP) is 2.13. The Bertz CT molecular complexity index is 621. The van der Waals surface area contributed by atoms with Gasteiger partial charge in [-0.3, -0.25) is 4.90 Å². The lowest BCUT2D eigenvalue weighted by atomic mass is 10.0. The van der Waals surface area contributed by atoms with Crippen molar-refractivity contribution in [3.8, 4) is 0 Å². The highest BCUT2D eigenvalue weighted by Gasteiger charge is 2.26. The van der Waals surface area contributed by atoms with E-state index >= 15 is 0 Å². The molecule has 1 fully saturated rings. The van der Waals surface area contributed by atoms with Gasteiger partial charge in [-0.2, -0.15) is 0 Å². The Morgan fingerprint density at radius 1 is 1.25 bits per heavy atom. The van der Waals surface area contributed by atoms with E-state index in [1.807, 2.05) is 18.2 Å². The van der Waals surface area contributed by atoms with Crippen LogP contribution >= 0.6 is 0 Å². The Labute approximate surface area is 117 Å². The van der Waals surface area contributed by atoms with E-state index in [2.05, 4.69) is 29.2 Å². The molecule has 1 N–H and O–H groups in total. The van der Waals surface area contributed by atoms with Gasteiger partial charge in [0.1, 0.15) is 0 Å². The van der Waals surface area contributed by atoms with Gasteiger partial charge in [0, 0.05) is 19.6 Å². The molecule has 0 spiro atoms. The van der Waals surface area contributed by atoms with Crippen LogP contribution in [-0.4, -0.2) is 41.8 Å². The zero-order chi connectivity index (χ0) is 13.9. The number of benzene rings is 2. The molecule has 1 heterocycles. The predicted molar refractivity (Wildman–Crippen MR) is 76.6 cm³/mol. The fourth-order valence-electron chi connectivity index (χ4n) is 2.67. The van der Waals surface area contributed by atoms with Crippen LogP contribution in [0.3, 0.4) is 0 Å². The minimum absolute atomic E-state index is 0.443. The van der Waals surface area contributed by atoms with E-state index in [9.17, 15) is 4.79 Å². The molecule has 1 atom stereocenters. The third kappa shape index (κ3) is 2.66. The summed E-state index contributed by atoms with van der Waals surface area (Å²) in [4.78, 5) is 13.2. The number of carbonyl (C=O) groups is 1. The molecule has 0 aliphatic carbocycles. The van der Waals surface area contributed by atoms with E-state index in [1.165, 1.54) is 16.3 Å². The number of aliphatic carboxylic acids is 1. The Kier molecular flexibility index (Phi) is 3.67. The fraction of sp³-hybridized carbons (Fsp3) is 0.312. The van der Waals surface area contributed by atoms with Crippen LogP contribution in [0.15, 0.2) is 42.5 Å². The molecule has 3 rings (SSSR count). The van der Waals surface area contributed by atoms with E-state index in [0.29, 0.717) is 13.2 Å². The van der Waals surface area contributed by atoms with Crippen LogP contribution in [-0.2, 0) is 16.1 Å². The molecule has 0 radical (unpaired) electrons. The summed E-state index contributed by atoms with van der Waals surface area (Å²) >= 11 is 0. The van der Waals surface area contributed by atoms with Crippen LogP contribution in [0.1, 0.15) is 5.56 Å². The Hall–Kier alpha value is -1.91.